The van der Waals surface area contributed by atoms with Gasteiger partial charge in [0.25, 0.3) is 5.91 Å². The lowest BCUT2D eigenvalue weighted by Gasteiger charge is -2.30. The third kappa shape index (κ3) is 2.81. The zero-order valence-corrected chi connectivity index (χ0v) is 14.1. The van der Waals surface area contributed by atoms with Gasteiger partial charge in [0.15, 0.2) is 0 Å². The second-order valence-electron chi connectivity index (χ2n) is 6.01. The molecule has 2 heterocycles. The van der Waals surface area contributed by atoms with Crippen molar-refractivity contribution in [1.82, 2.24) is 14.6 Å². The first-order valence-electron chi connectivity index (χ1n) is 8.25. The summed E-state index contributed by atoms with van der Waals surface area (Å²) in [6, 6.07) is 18.2. The van der Waals surface area contributed by atoms with E-state index in [2.05, 4.69) is 21.8 Å². The molecule has 24 heavy (non-hydrogen) atoms. The summed E-state index contributed by atoms with van der Waals surface area (Å²) < 4.78 is 4.43. The Morgan fingerprint density at radius 3 is 2.79 bits per heavy atom. The normalized spacial score (nSPS) is 18.5. The van der Waals surface area contributed by atoms with Crippen LogP contribution in [0, 0.1) is 0 Å². The van der Waals surface area contributed by atoms with E-state index in [4.69, 9.17) is 0 Å². The Kier molecular flexibility index (Phi) is 4.28. The Labute approximate surface area is 145 Å². The van der Waals surface area contributed by atoms with Crippen molar-refractivity contribution in [2.45, 2.75) is 12.5 Å². The van der Waals surface area contributed by atoms with E-state index in [0.29, 0.717) is 0 Å². The predicted octanol–water partition coefficient (Wildman–Crippen LogP) is 3.47. The van der Waals surface area contributed by atoms with Gasteiger partial charge in [0.1, 0.15) is 4.88 Å². The molecule has 122 valence electrons. The van der Waals surface area contributed by atoms with E-state index in [9.17, 15) is 4.79 Å². The van der Waals surface area contributed by atoms with Gasteiger partial charge < -0.3 is 10.2 Å². The van der Waals surface area contributed by atoms with Crippen LogP contribution >= 0.6 is 11.5 Å². The van der Waals surface area contributed by atoms with Gasteiger partial charge in [-0.25, -0.2) is 0 Å². The molecule has 1 aliphatic heterocycles. The van der Waals surface area contributed by atoms with Gasteiger partial charge in [0.05, 0.1) is 11.6 Å². The zero-order valence-electron chi connectivity index (χ0n) is 13.3. The van der Waals surface area contributed by atoms with Crippen molar-refractivity contribution in [3.05, 3.63) is 65.0 Å². The minimum absolute atomic E-state index is 0.0575. The topological polar surface area (TPSA) is 45.2 Å². The molecule has 4 rings (SSSR count). The molecule has 3 aromatic rings. The van der Waals surface area contributed by atoms with E-state index in [0.717, 1.165) is 41.8 Å². The average Bonchev–Trinajstić information content (AvgIpc) is 2.91. The molecule has 1 aliphatic rings. The molecular weight excluding hydrogens is 318 g/mol. The van der Waals surface area contributed by atoms with Crippen LogP contribution in [0.25, 0.3) is 10.9 Å². The van der Waals surface area contributed by atoms with Crippen LogP contribution in [0.5, 0.6) is 0 Å². The second kappa shape index (κ2) is 6.71. The average molecular weight is 337 g/mol. The fourth-order valence-electron chi connectivity index (χ4n) is 3.27. The predicted molar refractivity (Wildman–Crippen MR) is 97.3 cm³/mol. The molecule has 0 spiro atoms. The van der Waals surface area contributed by atoms with Crippen LogP contribution in [0.2, 0.25) is 0 Å². The molecule has 1 N–H and O–H groups in total. The van der Waals surface area contributed by atoms with Gasteiger partial charge >= 0.3 is 0 Å². The third-order valence-electron chi connectivity index (χ3n) is 4.49. The molecule has 1 atom stereocenters. The molecule has 1 unspecified atom stereocenters. The van der Waals surface area contributed by atoms with E-state index >= 15 is 0 Å². The first-order valence-corrected chi connectivity index (χ1v) is 9.03. The number of carbonyl (C=O) groups excluding carboxylic acids is 1. The van der Waals surface area contributed by atoms with E-state index in [1.807, 2.05) is 47.4 Å². The molecule has 1 fully saturated rings. The van der Waals surface area contributed by atoms with Crippen molar-refractivity contribution in [3.63, 3.8) is 0 Å². The number of amides is 1. The smallest absolute Gasteiger partial charge is 0.266 e. The maximum Gasteiger partial charge on any atom is 0.266 e. The highest BCUT2D eigenvalue weighted by atomic mass is 32.1. The van der Waals surface area contributed by atoms with Crippen molar-refractivity contribution in [1.29, 1.82) is 0 Å². The van der Waals surface area contributed by atoms with Crippen LogP contribution in [0.4, 0.5) is 0 Å². The number of rotatable bonds is 2. The van der Waals surface area contributed by atoms with Gasteiger partial charge in [-0.15, -0.1) is 0 Å². The van der Waals surface area contributed by atoms with Gasteiger partial charge in [-0.05, 0) is 36.1 Å². The SMILES string of the molecule is O=C(c1snc2ccccc12)N1CCCNCC1c1ccccc1. The van der Waals surface area contributed by atoms with Crippen molar-refractivity contribution in [2.75, 3.05) is 19.6 Å². The van der Waals surface area contributed by atoms with E-state index in [1.54, 1.807) is 0 Å². The first kappa shape index (κ1) is 15.3. The van der Waals surface area contributed by atoms with Crippen LogP contribution in [0.1, 0.15) is 27.7 Å². The number of hydrogen-bond acceptors (Lipinski definition) is 4. The highest BCUT2D eigenvalue weighted by Gasteiger charge is 2.29. The Hall–Kier alpha value is -2.24. The molecule has 1 amide bonds. The van der Waals surface area contributed by atoms with E-state index < -0.39 is 0 Å². The minimum Gasteiger partial charge on any atom is -0.330 e. The lowest BCUT2D eigenvalue weighted by atomic mass is 10.0. The van der Waals surface area contributed by atoms with Gasteiger partial charge in [0.2, 0.25) is 0 Å². The number of carbonyl (C=O) groups is 1. The second-order valence-corrected chi connectivity index (χ2v) is 6.78. The summed E-state index contributed by atoms with van der Waals surface area (Å²) in [6.45, 7) is 2.49. The highest BCUT2D eigenvalue weighted by Crippen LogP contribution is 2.29. The minimum atomic E-state index is 0.0575. The summed E-state index contributed by atoms with van der Waals surface area (Å²) in [6.07, 6.45) is 0.964. The summed E-state index contributed by atoms with van der Waals surface area (Å²) >= 11 is 1.31. The summed E-state index contributed by atoms with van der Waals surface area (Å²) in [4.78, 5) is 16.0. The van der Waals surface area contributed by atoms with Crippen LogP contribution < -0.4 is 5.32 Å². The van der Waals surface area contributed by atoms with E-state index in [1.165, 1.54) is 17.1 Å². The van der Waals surface area contributed by atoms with Crippen molar-refractivity contribution in [3.8, 4) is 0 Å². The Bertz CT molecular complexity index is 846. The maximum absolute atomic E-state index is 13.3. The molecule has 0 aliphatic carbocycles. The lowest BCUT2D eigenvalue weighted by Crippen LogP contribution is -2.37. The molecule has 0 radical (unpaired) electrons. The number of aromatic nitrogens is 1. The first-order chi connectivity index (χ1) is 11.8. The number of fused-ring (bicyclic) bond motifs is 1. The molecule has 1 aromatic heterocycles. The van der Waals surface area contributed by atoms with Gasteiger partial charge in [-0.1, -0.05) is 48.5 Å². The Morgan fingerprint density at radius 1 is 1.12 bits per heavy atom. The summed E-state index contributed by atoms with van der Waals surface area (Å²) in [5, 5.41) is 4.41. The standard InChI is InChI=1S/C19H19N3OS/c23-19(18-15-9-4-5-10-16(15)21-24-18)22-12-6-11-20-13-17(22)14-7-2-1-3-8-14/h1-5,7-10,17,20H,6,11-13H2. The quantitative estimate of drug-likeness (QED) is 0.779. The monoisotopic (exact) mass is 337 g/mol. The van der Waals surface area contributed by atoms with Crippen LogP contribution in [0.3, 0.4) is 0 Å². The molecule has 5 heteroatoms. The lowest BCUT2D eigenvalue weighted by molar-refractivity contribution is 0.0698. The molecule has 0 bridgehead atoms. The third-order valence-corrected chi connectivity index (χ3v) is 5.35. The number of nitrogens with zero attached hydrogens (tertiary/aromatic N) is 2. The largest absolute Gasteiger partial charge is 0.330 e. The fourth-order valence-corrected chi connectivity index (χ4v) is 4.08. The zero-order chi connectivity index (χ0) is 16.4. The van der Waals surface area contributed by atoms with Crippen LogP contribution in [0.15, 0.2) is 54.6 Å². The summed E-state index contributed by atoms with van der Waals surface area (Å²) in [5.74, 6) is 0.0891. The molecule has 0 saturated carbocycles. The van der Waals surface area contributed by atoms with Crippen LogP contribution in [-0.4, -0.2) is 34.8 Å². The Balaban J connectivity index is 1.72. The molecule has 2 aromatic carbocycles. The fraction of sp³-hybridized carbons (Fsp3) is 0.263. The number of nitrogens with one attached hydrogen (secondary N) is 1. The van der Waals surface area contributed by atoms with Crippen molar-refractivity contribution < 1.29 is 4.79 Å². The van der Waals surface area contributed by atoms with Crippen molar-refractivity contribution in [2.24, 2.45) is 0 Å². The van der Waals surface area contributed by atoms with Gasteiger partial charge in [0, 0.05) is 18.5 Å². The summed E-state index contributed by atoms with van der Waals surface area (Å²) in [7, 11) is 0. The number of hydrogen-bond donors (Lipinski definition) is 1. The number of benzene rings is 2. The maximum atomic E-state index is 13.3. The van der Waals surface area contributed by atoms with Crippen molar-refractivity contribution >= 4 is 28.3 Å². The molecular formula is C19H19N3OS. The molecule has 4 nitrogen and oxygen atoms in total. The Morgan fingerprint density at radius 2 is 1.92 bits per heavy atom. The molecule has 1 saturated heterocycles. The van der Waals surface area contributed by atoms with Gasteiger partial charge in [-0.3, -0.25) is 4.79 Å². The summed E-state index contributed by atoms with van der Waals surface area (Å²) in [5.41, 5.74) is 2.07. The van der Waals surface area contributed by atoms with E-state index in [-0.39, 0.29) is 11.9 Å². The van der Waals surface area contributed by atoms with Gasteiger partial charge in [-0.2, -0.15) is 4.37 Å². The van der Waals surface area contributed by atoms with Crippen LogP contribution in [-0.2, 0) is 0 Å². The highest BCUT2D eigenvalue weighted by molar-refractivity contribution is 7.09.